The Balaban J connectivity index is 1.43. The number of carbonyl (C=O) groups is 2. The summed E-state index contributed by atoms with van der Waals surface area (Å²) >= 11 is 0. The number of dihydropyridines is 1. The van der Waals surface area contributed by atoms with Gasteiger partial charge in [0.1, 0.15) is 6.10 Å². The summed E-state index contributed by atoms with van der Waals surface area (Å²) in [6, 6.07) is 23.4. The van der Waals surface area contributed by atoms with Crippen molar-refractivity contribution in [1.29, 1.82) is 0 Å². The molecule has 10 nitrogen and oxygen atoms in total. The Kier molecular flexibility index (Phi) is 10.2. The minimum Gasteiger partial charge on any atom is -0.478 e. The van der Waals surface area contributed by atoms with Crippen LogP contribution in [-0.2, 0) is 20.9 Å². The topological polar surface area (TPSA) is 137 Å². The Morgan fingerprint density at radius 1 is 1.00 bits per heavy atom. The van der Waals surface area contributed by atoms with Crippen LogP contribution in [0.2, 0.25) is 0 Å². The van der Waals surface area contributed by atoms with Crippen molar-refractivity contribution in [3.8, 4) is 0 Å². The Labute approximate surface area is 272 Å². The Morgan fingerprint density at radius 3 is 2.40 bits per heavy atom. The standard InChI is InChI=1S/C37H34N4O6/c1-25-33(36(42)43)35(30-11-7-12-31(22-30)41(45)46)34(26(2)39-25)37(44)47-32(13-6-10-27-8-4-3-5-9-27)19-18-28-14-16-29(17-15-28)23-40-21-20-38-24-40/h3-12,14-22,24,32,35,39H,13,23H2,1-2H3,(H,42,43). The lowest BCUT2D eigenvalue weighted by Crippen LogP contribution is -2.32. The summed E-state index contributed by atoms with van der Waals surface area (Å²) < 4.78 is 8.05. The average Bonchev–Trinajstić information content (AvgIpc) is 3.57. The highest BCUT2D eigenvalue weighted by molar-refractivity contribution is 5.99. The molecule has 0 amide bonds. The molecule has 0 aliphatic carbocycles. The number of rotatable bonds is 12. The summed E-state index contributed by atoms with van der Waals surface area (Å²) in [5.74, 6) is -3.06. The number of esters is 1. The number of nitro groups is 1. The number of carboxylic acids is 1. The van der Waals surface area contributed by atoms with Gasteiger partial charge in [-0.15, -0.1) is 0 Å². The lowest BCUT2D eigenvalue weighted by Gasteiger charge is -2.30. The van der Waals surface area contributed by atoms with Crippen molar-refractivity contribution in [3.63, 3.8) is 0 Å². The van der Waals surface area contributed by atoms with Crippen LogP contribution in [0, 0.1) is 10.1 Å². The van der Waals surface area contributed by atoms with Crippen LogP contribution in [0.15, 0.2) is 132 Å². The van der Waals surface area contributed by atoms with Gasteiger partial charge in [0, 0.05) is 48.9 Å². The molecule has 1 aliphatic heterocycles. The number of carbonyl (C=O) groups excluding carboxylic acids is 1. The molecule has 47 heavy (non-hydrogen) atoms. The SMILES string of the molecule is CC1=C(C(=O)O)C(c2cccc([N+](=O)[O-])c2)C(C(=O)OC(C=Cc2ccc(Cn3ccnc3)cc2)CC=Cc2ccccc2)=C(C)N1. The van der Waals surface area contributed by atoms with Gasteiger partial charge in [-0.05, 0) is 42.2 Å². The zero-order chi connectivity index (χ0) is 33.3. The number of aliphatic carboxylic acids is 1. The minimum atomic E-state index is -1.25. The lowest BCUT2D eigenvalue weighted by atomic mass is 9.80. The highest BCUT2D eigenvalue weighted by Gasteiger charge is 2.38. The van der Waals surface area contributed by atoms with E-state index in [0.717, 1.165) is 16.7 Å². The van der Waals surface area contributed by atoms with Gasteiger partial charge in [-0.1, -0.05) is 85.0 Å². The van der Waals surface area contributed by atoms with Crippen molar-refractivity contribution in [2.75, 3.05) is 0 Å². The summed E-state index contributed by atoms with van der Waals surface area (Å²) in [5, 5.41) is 24.7. The van der Waals surface area contributed by atoms with Gasteiger partial charge in [0.15, 0.2) is 0 Å². The number of imidazole rings is 1. The molecule has 0 saturated carbocycles. The molecule has 238 valence electrons. The second-order valence-corrected chi connectivity index (χ2v) is 11.1. The second-order valence-electron chi connectivity index (χ2n) is 11.1. The van der Waals surface area contributed by atoms with Crippen LogP contribution in [-0.4, -0.2) is 37.6 Å². The summed E-state index contributed by atoms with van der Waals surface area (Å²) in [5.41, 5.74) is 3.81. The first-order valence-corrected chi connectivity index (χ1v) is 15.0. The molecular weight excluding hydrogens is 596 g/mol. The maximum atomic E-state index is 14.0. The third-order valence-corrected chi connectivity index (χ3v) is 7.77. The van der Waals surface area contributed by atoms with Crippen LogP contribution in [0.5, 0.6) is 0 Å². The van der Waals surface area contributed by atoms with E-state index in [-0.39, 0.29) is 16.8 Å². The molecular formula is C37H34N4O6. The number of benzene rings is 3. The molecule has 2 heterocycles. The molecule has 1 aliphatic rings. The maximum absolute atomic E-state index is 14.0. The molecule has 0 fully saturated rings. The number of nitrogens with zero attached hydrogens (tertiary/aromatic N) is 3. The lowest BCUT2D eigenvalue weighted by molar-refractivity contribution is -0.384. The van der Waals surface area contributed by atoms with Crippen LogP contribution in [0.3, 0.4) is 0 Å². The van der Waals surface area contributed by atoms with Gasteiger partial charge in [0.2, 0.25) is 0 Å². The van der Waals surface area contributed by atoms with E-state index in [2.05, 4.69) is 10.3 Å². The summed E-state index contributed by atoms with van der Waals surface area (Å²) in [6.07, 6.45) is 12.5. The second kappa shape index (κ2) is 14.8. The molecule has 2 atom stereocenters. The third-order valence-electron chi connectivity index (χ3n) is 7.77. The number of hydrogen-bond acceptors (Lipinski definition) is 7. The number of aromatic nitrogens is 2. The summed E-state index contributed by atoms with van der Waals surface area (Å²) in [7, 11) is 0. The molecule has 0 bridgehead atoms. The van der Waals surface area contributed by atoms with Crippen molar-refractivity contribution in [2.45, 2.75) is 38.8 Å². The van der Waals surface area contributed by atoms with Gasteiger partial charge in [0.25, 0.3) is 5.69 Å². The van der Waals surface area contributed by atoms with Crippen molar-refractivity contribution >= 4 is 29.8 Å². The van der Waals surface area contributed by atoms with E-state index in [0.29, 0.717) is 29.9 Å². The third kappa shape index (κ3) is 8.17. The van der Waals surface area contributed by atoms with Gasteiger partial charge in [-0.25, -0.2) is 14.6 Å². The first-order valence-electron chi connectivity index (χ1n) is 15.0. The summed E-state index contributed by atoms with van der Waals surface area (Å²) in [4.78, 5) is 41.6. The molecule has 1 aromatic heterocycles. The Hall–Kier alpha value is -6.03. The fourth-order valence-electron chi connectivity index (χ4n) is 5.51. The zero-order valence-corrected chi connectivity index (χ0v) is 25.9. The number of hydrogen-bond donors (Lipinski definition) is 2. The fourth-order valence-corrected chi connectivity index (χ4v) is 5.51. The Morgan fingerprint density at radius 2 is 1.72 bits per heavy atom. The molecule has 4 aromatic rings. The largest absolute Gasteiger partial charge is 0.478 e. The number of nitrogens with one attached hydrogen (secondary N) is 1. The van der Waals surface area contributed by atoms with Gasteiger partial charge in [0.05, 0.1) is 28.3 Å². The summed E-state index contributed by atoms with van der Waals surface area (Å²) in [6.45, 7) is 3.95. The quantitative estimate of drug-likeness (QED) is 0.0981. The predicted octanol–water partition coefficient (Wildman–Crippen LogP) is 6.89. The van der Waals surface area contributed by atoms with Crippen LogP contribution in [0.1, 0.15) is 48.4 Å². The zero-order valence-electron chi connectivity index (χ0n) is 25.9. The van der Waals surface area contributed by atoms with Crippen molar-refractivity contribution < 1.29 is 24.4 Å². The highest BCUT2D eigenvalue weighted by Crippen LogP contribution is 2.40. The monoisotopic (exact) mass is 630 g/mol. The van der Waals surface area contributed by atoms with Crippen LogP contribution >= 0.6 is 0 Å². The molecule has 0 spiro atoms. The number of nitro benzene ring substituents is 1. The van der Waals surface area contributed by atoms with E-state index in [1.807, 2.05) is 83.6 Å². The van der Waals surface area contributed by atoms with Crippen molar-refractivity contribution in [2.24, 2.45) is 0 Å². The normalized spacial score (nSPS) is 15.6. The van der Waals surface area contributed by atoms with Crippen LogP contribution in [0.25, 0.3) is 12.2 Å². The fraction of sp³-hybridized carbons (Fsp3) is 0.162. The van der Waals surface area contributed by atoms with Gasteiger partial charge in [-0.3, -0.25) is 10.1 Å². The van der Waals surface area contributed by atoms with Crippen LogP contribution in [0.4, 0.5) is 5.69 Å². The molecule has 0 radical (unpaired) electrons. The maximum Gasteiger partial charge on any atom is 0.337 e. The number of ether oxygens (including phenoxy) is 1. The average molecular weight is 631 g/mol. The van der Waals surface area contributed by atoms with E-state index in [1.165, 1.54) is 18.2 Å². The van der Waals surface area contributed by atoms with Gasteiger partial charge in [-0.2, -0.15) is 0 Å². The van der Waals surface area contributed by atoms with Crippen molar-refractivity contribution in [1.82, 2.24) is 14.9 Å². The number of allylic oxidation sites excluding steroid dienone is 2. The van der Waals surface area contributed by atoms with E-state index < -0.39 is 28.9 Å². The van der Waals surface area contributed by atoms with Gasteiger partial charge >= 0.3 is 11.9 Å². The van der Waals surface area contributed by atoms with Crippen molar-refractivity contribution in [3.05, 3.63) is 165 Å². The highest BCUT2D eigenvalue weighted by atomic mass is 16.6. The van der Waals surface area contributed by atoms with E-state index >= 15 is 0 Å². The minimum absolute atomic E-state index is 0.0720. The van der Waals surface area contributed by atoms with E-state index in [1.54, 1.807) is 38.5 Å². The first kappa shape index (κ1) is 32.4. The van der Waals surface area contributed by atoms with E-state index in [4.69, 9.17) is 4.74 Å². The number of non-ortho nitro benzene ring substituents is 1. The first-order chi connectivity index (χ1) is 22.7. The number of carboxylic acid groups (broad SMARTS) is 1. The molecule has 3 aromatic carbocycles. The molecule has 2 N–H and O–H groups in total. The molecule has 2 unspecified atom stereocenters. The van der Waals surface area contributed by atoms with Crippen LogP contribution < -0.4 is 5.32 Å². The molecule has 0 saturated heterocycles. The Bertz CT molecular complexity index is 1870. The molecule has 5 rings (SSSR count). The smallest absolute Gasteiger partial charge is 0.337 e. The predicted molar refractivity (Wildman–Crippen MR) is 179 cm³/mol. The van der Waals surface area contributed by atoms with E-state index in [9.17, 15) is 24.8 Å². The molecule has 10 heteroatoms. The van der Waals surface area contributed by atoms with Gasteiger partial charge < -0.3 is 19.7 Å².